The van der Waals surface area contributed by atoms with Gasteiger partial charge in [-0.3, -0.25) is 0 Å². The van der Waals surface area contributed by atoms with Gasteiger partial charge in [0.2, 0.25) is 5.75 Å². The number of piperazine rings is 1. The number of aliphatic imine (C=N–C) groups is 1. The second-order valence-electron chi connectivity index (χ2n) is 6.86. The third-order valence-electron chi connectivity index (χ3n) is 4.95. The predicted molar refractivity (Wildman–Crippen MR) is 139 cm³/mol. The molecule has 2 heterocycles. The molecule has 0 aliphatic carbocycles. The van der Waals surface area contributed by atoms with E-state index >= 15 is 0 Å². The number of anilines is 1. The molecule has 0 bridgehead atoms. The number of nitrogens with zero attached hydrogens (tertiary/aromatic N) is 3. The first-order chi connectivity index (χ1) is 14.7. The Kier molecular flexibility index (Phi) is 10.5. The number of methoxy groups -OCH3 is 2. The van der Waals surface area contributed by atoms with Crippen LogP contribution >= 0.6 is 35.3 Å². The topological polar surface area (TPSA) is 58.6 Å². The van der Waals surface area contributed by atoms with Gasteiger partial charge in [0.25, 0.3) is 0 Å². The van der Waals surface area contributed by atoms with E-state index in [9.17, 15) is 0 Å². The normalized spacial score (nSPS) is 14.1. The van der Waals surface area contributed by atoms with E-state index in [4.69, 9.17) is 19.2 Å². The predicted octanol–water partition coefficient (Wildman–Crippen LogP) is 4.07. The van der Waals surface area contributed by atoms with Crippen LogP contribution in [0.2, 0.25) is 0 Å². The van der Waals surface area contributed by atoms with Gasteiger partial charge in [-0.05, 0) is 49.1 Å². The quantitative estimate of drug-likeness (QED) is 0.299. The molecule has 1 aromatic heterocycles. The summed E-state index contributed by atoms with van der Waals surface area (Å²) in [6.45, 7) is 9.83. The SMILES string of the molecule is CCNC(=NCc1cc(OC)c(OCC)c(OC)c1)N1CCN(c2cccs2)CC1.I. The van der Waals surface area contributed by atoms with Crippen molar-refractivity contribution in [3.63, 3.8) is 0 Å². The first-order valence-electron chi connectivity index (χ1n) is 10.4. The van der Waals surface area contributed by atoms with Crippen LogP contribution < -0.4 is 24.4 Å². The van der Waals surface area contributed by atoms with Crippen LogP contribution in [-0.4, -0.2) is 64.4 Å². The third kappa shape index (κ3) is 6.55. The first-order valence-corrected chi connectivity index (χ1v) is 11.3. The molecule has 1 N–H and O–H groups in total. The Morgan fingerprint density at radius 3 is 2.29 bits per heavy atom. The van der Waals surface area contributed by atoms with E-state index in [1.807, 2.05) is 19.1 Å². The fourth-order valence-electron chi connectivity index (χ4n) is 3.49. The highest BCUT2D eigenvalue weighted by atomic mass is 127. The van der Waals surface area contributed by atoms with Gasteiger partial charge in [0, 0.05) is 32.7 Å². The monoisotopic (exact) mass is 560 g/mol. The van der Waals surface area contributed by atoms with E-state index in [1.54, 1.807) is 25.6 Å². The average molecular weight is 561 g/mol. The zero-order chi connectivity index (χ0) is 21.3. The van der Waals surface area contributed by atoms with Gasteiger partial charge in [0.15, 0.2) is 17.5 Å². The summed E-state index contributed by atoms with van der Waals surface area (Å²) in [4.78, 5) is 9.65. The maximum atomic E-state index is 5.69. The molecule has 1 aromatic carbocycles. The highest BCUT2D eigenvalue weighted by Crippen LogP contribution is 2.38. The van der Waals surface area contributed by atoms with Gasteiger partial charge in [0.05, 0.1) is 32.4 Å². The van der Waals surface area contributed by atoms with Gasteiger partial charge in [-0.2, -0.15) is 0 Å². The molecule has 172 valence electrons. The lowest BCUT2D eigenvalue weighted by atomic mass is 10.2. The van der Waals surface area contributed by atoms with Crippen LogP contribution in [-0.2, 0) is 6.54 Å². The number of hydrogen-bond donors (Lipinski definition) is 1. The summed E-state index contributed by atoms with van der Waals surface area (Å²) in [6.07, 6.45) is 0. The maximum Gasteiger partial charge on any atom is 0.203 e. The average Bonchev–Trinajstić information content (AvgIpc) is 3.32. The molecule has 9 heteroatoms. The summed E-state index contributed by atoms with van der Waals surface area (Å²) in [5.41, 5.74) is 1.01. The standard InChI is InChI=1S/C22H32N4O3S.HI/c1-5-23-22(26-11-9-25(10-12-26)20-8-7-13-30-20)24-16-17-14-18(27-3)21(29-6-2)19(15-17)28-4;/h7-8,13-15H,5-6,9-12,16H2,1-4H3,(H,23,24);1H. The Bertz CT molecular complexity index is 799. The van der Waals surface area contributed by atoms with E-state index in [-0.39, 0.29) is 24.0 Å². The van der Waals surface area contributed by atoms with Gasteiger partial charge in [0.1, 0.15) is 0 Å². The fourth-order valence-corrected chi connectivity index (χ4v) is 4.28. The molecule has 1 saturated heterocycles. The maximum absolute atomic E-state index is 5.69. The number of thiophene rings is 1. The molecule has 0 unspecified atom stereocenters. The molecule has 7 nitrogen and oxygen atoms in total. The lowest BCUT2D eigenvalue weighted by molar-refractivity contribution is 0.288. The van der Waals surface area contributed by atoms with Crippen LogP contribution in [0, 0.1) is 0 Å². The summed E-state index contributed by atoms with van der Waals surface area (Å²) in [7, 11) is 3.28. The van der Waals surface area contributed by atoms with Crippen molar-refractivity contribution in [2.75, 3.05) is 58.5 Å². The highest BCUT2D eigenvalue weighted by molar-refractivity contribution is 14.0. The smallest absolute Gasteiger partial charge is 0.203 e. The van der Waals surface area contributed by atoms with E-state index < -0.39 is 0 Å². The zero-order valence-electron chi connectivity index (χ0n) is 18.7. The largest absolute Gasteiger partial charge is 0.493 e. The Balaban J connectivity index is 0.00000341. The number of rotatable bonds is 8. The molecule has 0 radical (unpaired) electrons. The van der Waals surface area contributed by atoms with Gasteiger partial charge in [-0.15, -0.1) is 35.3 Å². The third-order valence-corrected chi connectivity index (χ3v) is 5.88. The Labute approximate surface area is 206 Å². The van der Waals surface area contributed by atoms with Crippen molar-refractivity contribution < 1.29 is 14.2 Å². The Morgan fingerprint density at radius 2 is 1.77 bits per heavy atom. The van der Waals surface area contributed by atoms with Gasteiger partial charge < -0.3 is 29.3 Å². The van der Waals surface area contributed by atoms with Gasteiger partial charge >= 0.3 is 0 Å². The van der Waals surface area contributed by atoms with Crippen LogP contribution in [0.3, 0.4) is 0 Å². The summed E-state index contributed by atoms with van der Waals surface area (Å²) in [5, 5.41) is 6.90. The van der Waals surface area contributed by atoms with Crippen molar-refractivity contribution in [2.24, 2.45) is 4.99 Å². The molecular weight excluding hydrogens is 527 g/mol. The van der Waals surface area contributed by atoms with Crippen molar-refractivity contribution in [1.29, 1.82) is 0 Å². The molecule has 0 amide bonds. The van der Waals surface area contributed by atoms with Gasteiger partial charge in [-0.25, -0.2) is 4.99 Å². The molecule has 2 aromatic rings. The van der Waals surface area contributed by atoms with E-state index in [0.29, 0.717) is 30.4 Å². The number of guanidine groups is 1. The molecule has 3 rings (SSSR count). The van der Waals surface area contributed by atoms with Crippen LogP contribution in [0.25, 0.3) is 0 Å². The van der Waals surface area contributed by atoms with E-state index in [2.05, 4.69) is 39.6 Å². The van der Waals surface area contributed by atoms with Crippen molar-refractivity contribution in [3.8, 4) is 17.2 Å². The second kappa shape index (κ2) is 12.8. The lowest BCUT2D eigenvalue weighted by Crippen LogP contribution is -2.52. The number of benzene rings is 1. The van der Waals surface area contributed by atoms with Crippen LogP contribution in [0.4, 0.5) is 5.00 Å². The van der Waals surface area contributed by atoms with Crippen molar-refractivity contribution in [1.82, 2.24) is 10.2 Å². The Hall–Kier alpha value is -1.88. The van der Waals surface area contributed by atoms with Crippen molar-refractivity contribution >= 4 is 46.3 Å². The molecule has 31 heavy (non-hydrogen) atoms. The van der Waals surface area contributed by atoms with Crippen molar-refractivity contribution in [3.05, 3.63) is 35.2 Å². The minimum atomic E-state index is 0. The molecule has 0 spiro atoms. The zero-order valence-corrected chi connectivity index (χ0v) is 21.9. The Morgan fingerprint density at radius 1 is 1.10 bits per heavy atom. The molecule has 0 saturated carbocycles. The highest BCUT2D eigenvalue weighted by Gasteiger charge is 2.20. The van der Waals surface area contributed by atoms with Gasteiger partial charge in [-0.1, -0.05) is 0 Å². The number of ether oxygens (including phenoxy) is 3. The number of halogens is 1. The fraction of sp³-hybridized carbons (Fsp3) is 0.500. The van der Waals surface area contributed by atoms with Crippen LogP contribution in [0.15, 0.2) is 34.6 Å². The molecular formula is C22H33IN4O3S. The summed E-state index contributed by atoms with van der Waals surface area (Å²) in [6, 6.07) is 8.23. The summed E-state index contributed by atoms with van der Waals surface area (Å²) in [5.74, 6) is 2.90. The van der Waals surface area contributed by atoms with Crippen LogP contribution in [0.1, 0.15) is 19.4 Å². The summed E-state index contributed by atoms with van der Waals surface area (Å²) < 4.78 is 16.7. The second-order valence-corrected chi connectivity index (χ2v) is 7.78. The van der Waals surface area contributed by atoms with E-state index in [1.165, 1.54) is 5.00 Å². The molecule has 1 aliphatic heterocycles. The minimum absolute atomic E-state index is 0. The van der Waals surface area contributed by atoms with E-state index in [0.717, 1.165) is 44.2 Å². The summed E-state index contributed by atoms with van der Waals surface area (Å²) >= 11 is 1.80. The molecule has 0 atom stereocenters. The van der Waals surface area contributed by atoms with Crippen molar-refractivity contribution in [2.45, 2.75) is 20.4 Å². The lowest BCUT2D eigenvalue weighted by Gasteiger charge is -2.37. The number of hydrogen-bond acceptors (Lipinski definition) is 6. The molecule has 1 aliphatic rings. The molecule has 1 fully saturated rings. The van der Waals surface area contributed by atoms with Crippen LogP contribution in [0.5, 0.6) is 17.2 Å². The number of nitrogens with one attached hydrogen (secondary N) is 1. The first kappa shape index (κ1) is 25.4. The minimum Gasteiger partial charge on any atom is -0.493 e.